The topological polar surface area (TPSA) is 82.1 Å². The Labute approximate surface area is 195 Å². The number of carbonyl (C=O) groups is 3. The van der Waals surface area contributed by atoms with E-state index in [0.717, 1.165) is 22.2 Å². The number of imide groups is 1. The van der Waals surface area contributed by atoms with Crippen LogP contribution in [0.25, 0.3) is 6.08 Å². The van der Waals surface area contributed by atoms with Crippen molar-refractivity contribution in [1.29, 1.82) is 0 Å². The number of nitrogens with zero attached hydrogens (tertiary/aromatic N) is 1. The molecular formula is C23H22ClNO6S. The van der Waals surface area contributed by atoms with Gasteiger partial charge in [0.05, 0.1) is 18.1 Å². The van der Waals surface area contributed by atoms with Gasteiger partial charge in [0, 0.05) is 10.6 Å². The molecule has 0 N–H and O–H groups in total. The fourth-order valence-corrected chi connectivity index (χ4v) is 3.91. The van der Waals surface area contributed by atoms with E-state index in [1.807, 2.05) is 18.2 Å². The van der Waals surface area contributed by atoms with Crippen LogP contribution in [0.3, 0.4) is 0 Å². The van der Waals surface area contributed by atoms with E-state index in [2.05, 4.69) is 0 Å². The van der Waals surface area contributed by atoms with Crippen LogP contribution in [0.4, 0.5) is 4.79 Å². The minimum absolute atomic E-state index is 0.208. The number of esters is 1. The molecule has 0 saturated carbocycles. The van der Waals surface area contributed by atoms with Gasteiger partial charge in [-0.15, -0.1) is 0 Å². The average molecular weight is 476 g/mol. The van der Waals surface area contributed by atoms with Crippen molar-refractivity contribution in [2.45, 2.75) is 26.6 Å². The van der Waals surface area contributed by atoms with Crippen LogP contribution in [0.1, 0.15) is 25.0 Å². The Kier molecular flexibility index (Phi) is 7.82. The summed E-state index contributed by atoms with van der Waals surface area (Å²) < 4.78 is 16.3. The Balaban J connectivity index is 1.73. The zero-order valence-corrected chi connectivity index (χ0v) is 19.4. The maximum atomic E-state index is 12.6. The maximum absolute atomic E-state index is 12.6. The molecule has 2 amide bonds. The molecule has 1 saturated heterocycles. The Morgan fingerprint density at radius 2 is 1.91 bits per heavy atom. The van der Waals surface area contributed by atoms with Gasteiger partial charge in [-0.2, -0.15) is 0 Å². The number of rotatable bonds is 8. The summed E-state index contributed by atoms with van der Waals surface area (Å²) in [4.78, 5) is 37.7. The number of methoxy groups -OCH3 is 1. The molecule has 3 rings (SSSR count). The summed E-state index contributed by atoms with van der Waals surface area (Å²) in [5, 5.41) is 0.0877. The fourth-order valence-electron chi connectivity index (χ4n) is 2.88. The highest BCUT2D eigenvalue weighted by Gasteiger charge is 2.36. The Bertz CT molecular complexity index is 1070. The second kappa shape index (κ2) is 10.6. The van der Waals surface area contributed by atoms with Gasteiger partial charge < -0.3 is 14.2 Å². The minimum Gasteiger partial charge on any atom is -0.493 e. The number of benzene rings is 2. The first-order chi connectivity index (χ1) is 15.3. The molecule has 32 heavy (non-hydrogen) atoms. The first kappa shape index (κ1) is 23.7. The monoisotopic (exact) mass is 475 g/mol. The van der Waals surface area contributed by atoms with Crippen molar-refractivity contribution in [2.75, 3.05) is 13.7 Å². The molecule has 9 heteroatoms. The first-order valence-corrected chi connectivity index (χ1v) is 11.0. The van der Waals surface area contributed by atoms with Crippen LogP contribution < -0.4 is 9.47 Å². The lowest BCUT2D eigenvalue weighted by molar-refractivity contribution is -0.149. The summed E-state index contributed by atoms with van der Waals surface area (Å²) in [6.07, 6.45) is 1.24. The highest BCUT2D eigenvalue weighted by atomic mass is 35.5. The Morgan fingerprint density at radius 1 is 1.16 bits per heavy atom. The molecule has 2 aromatic carbocycles. The van der Waals surface area contributed by atoms with E-state index < -0.39 is 23.7 Å². The molecule has 168 valence electrons. The molecular weight excluding hydrogens is 454 g/mol. The summed E-state index contributed by atoms with van der Waals surface area (Å²) >= 11 is 6.93. The predicted octanol–water partition coefficient (Wildman–Crippen LogP) is 4.92. The molecule has 1 aliphatic heterocycles. The molecule has 1 heterocycles. The number of hydrogen-bond acceptors (Lipinski definition) is 7. The quantitative estimate of drug-likeness (QED) is 0.396. The van der Waals surface area contributed by atoms with E-state index in [-0.39, 0.29) is 17.6 Å². The van der Waals surface area contributed by atoms with Crippen LogP contribution in [0.5, 0.6) is 11.5 Å². The van der Waals surface area contributed by atoms with E-state index in [4.69, 9.17) is 25.8 Å². The smallest absolute Gasteiger partial charge is 0.326 e. The maximum Gasteiger partial charge on any atom is 0.326 e. The standard InChI is InChI=1S/C23H22ClNO6S/c1-14(2)31-21(26)12-25-22(27)20(32-23(25)28)11-15-8-9-18(19(10-15)29-3)30-13-16-6-4-5-7-17(16)24/h4-11,14H,12-13H2,1-3H3/b20-11+. The molecule has 1 aliphatic rings. The van der Waals surface area contributed by atoms with Crippen LogP contribution in [0, 0.1) is 0 Å². The van der Waals surface area contributed by atoms with Gasteiger partial charge in [-0.25, -0.2) is 0 Å². The summed E-state index contributed by atoms with van der Waals surface area (Å²) in [6.45, 7) is 3.24. The lowest BCUT2D eigenvalue weighted by Crippen LogP contribution is -2.35. The molecule has 7 nitrogen and oxygen atoms in total. The van der Waals surface area contributed by atoms with Crippen molar-refractivity contribution < 1.29 is 28.6 Å². The predicted molar refractivity (Wildman–Crippen MR) is 123 cm³/mol. The molecule has 0 bridgehead atoms. The summed E-state index contributed by atoms with van der Waals surface area (Å²) in [5.41, 5.74) is 1.48. The zero-order chi connectivity index (χ0) is 23.3. The average Bonchev–Trinajstić information content (AvgIpc) is 3.00. The molecule has 0 spiro atoms. The Hall–Kier alpha value is -2.97. The third-order valence-electron chi connectivity index (χ3n) is 4.35. The van der Waals surface area contributed by atoms with Crippen LogP contribution in [-0.2, 0) is 20.9 Å². The van der Waals surface area contributed by atoms with Gasteiger partial charge in [0.25, 0.3) is 11.1 Å². The molecule has 0 atom stereocenters. The highest BCUT2D eigenvalue weighted by Crippen LogP contribution is 2.35. The van der Waals surface area contributed by atoms with Crippen LogP contribution >= 0.6 is 23.4 Å². The largest absolute Gasteiger partial charge is 0.493 e. The van der Waals surface area contributed by atoms with Crippen molar-refractivity contribution >= 4 is 46.6 Å². The number of hydrogen-bond donors (Lipinski definition) is 0. The van der Waals surface area contributed by atoms with Gasteiger partial charge in [0.1, 0.15) is 13.2 Å². The summed E-state index contributed by atoms with van der Waals surface area (Å²) in [7, 11) is 1.51. The lowest BCUT2D eigenvalue weighted by Gasteiger charge is -2.13. The van der Waals surface area contributed by atoms with E-state index in [9.17, 15) is 14.4 Å². The van der Waals surface area contributed by atoms with Crippen LogP contribution in [0.15, 0.2) is 47.4 Å². The van der Waals surface area contributed by atoms with Crippen molar-refractivity contribution in [3.63, 3.8) is 0 Å². The van der Waals surface area contributed by atoms with Crippen molar-refractivity contribution in [3.8, 4) is 11.5 Å². The van der Waals surface area contributed by atoms with Gasteiger partial charge in [-0.1, -0.05) is 35.9 Å². The normalized spacial score (nSPS) is 14.9. The van der Waals surface area contributed by atoms with Gasteiger partial charge in [-0.05, 0) is 55.4 Å². The van der Waals surface area contributed by atoms with E-state index in [0.29, 0.717) is 22.1 Å². The summed E-state index contributed by atoms with van der Waals surface area (Å²) in [5.74, 6) is -0.205. The van der Waals surface area contributed by atoms with Gasteiger partial charge in [0.2, 0.25) is 0 Å². The van der Waals surface area contributed by atoms with Crippen molar-refractivity contribution in [3.05, 3.63) is 63.5 Å². The first-order valence-electron chi connectivity index (χ1n) is 9.77. The van der Waals surface area contributed by atoms with Gasteiger partial charge in [0.15, 0.2) is 11.5 Å². The number of amides is 2. The third kappa shape index (κ3) is 5.83. The Morgan fingerprint density at radius 3 is 2.59 bits per heavy atom. The molecule has 1 fully saturated rings. The van der Waals surface area contributed by atoms with E-state index in [1.165, 1.54) is 7.11 Å². The second-order valence-electron chi connectivity index (χ2n) is 7.10. The van der Waals surface area contributed by atoms with Crippen LogP contribution in [0.2, 0.25) is 5.02 Å². The molecule has 0 aliphatic carbocycles. The number of halogens is 1. The fraction of sp³-hybridized carbons (Fsp3) is 0.261. The molecule has 0 radical (unpaired) electrons. The van der Waals surface area contributed by atoms with E-state index >= 15 is 0 Å². The molecule has 2 aromatic rings. The molecule has 0 unspecified atom stereocenters. The van der Waals surface area contributed by atoms with E-state index in [1.54, 1.807) is 44.2 Å². The second-order valence-corrected chi connectivity index (χ2v) is 8.50. The van der Waals surface area contributed by atoms with Crippen molar-refractivity contribution in [2.24, 2.45) is 0 Å². The lowest BCUT2D eigenvalue weighted by atomic mass is 10.1. The summed E-state index contributed by atoms with van der Waals surface area (Å²) in [6, 6.07) is 12.5. The van der Waals surface area contributed by atoms with Crippen molar-refractivity contribution in [1.82, 2.24) is 4.90 Å². The highest BCUT2D eigenvalue weighted by molar-refractivity contribution is 8.18. The molecule has 0 aromatic heterocycles. The van der Waals surface area contributed by atoms with Crippen LogP contribution in [-0.4, -0.2) is 41.8 Å². The third-order valence-corrected chi connectivity index (χ3v) is 5.63. The SMILES string of the molecule is COc1cc(/C=C2/SC(=O)N(CC(=O)OC(C)C)C2=O)ccc1OCc1ccccc1Cl. The van der Waals surface area contributed by atoms with Gasteiger partial charge in [-0.3, -0.25) is 19.3 Å². The number of ether oxygens (including phenoxy) is 3. The minimum atomic E-state index is -0.634. The number of thioether (sulfide) groups is 1. The van der Waals surface area contributed by atoms with Gasteiger partial charge >= 0.3 is 5.97 Å². The zero-order valence-electron chi connectivity index (χ0n) is 17.8. The number of carbonyl (C=O) groups excluding carboxylic acids is 3.